The molecule has 3 rings (SSSR count). The first-order valence-electron chi connectivity index (χ1n) is 7.10. The van der Waals surface area contributed by atoms with Crippen LogP contribution in [0.2, 0.25) is 0 Å². The molecule has 2 aliphatic rings. The maximum absolute atomic E-state index is 3.54. The van der Waals surface area contributed by atoms with E-state index in [1.807, 2.05) is 0 Å². The molecule has 0 radical (unpaired) electrons. The van der Waals surface area contributed by atoms with Crippen LogP contribution in [0.3, 0.4) is 0 Å². The van der Waals surface area contributed by atoms with Crippen LogP contribution in [0.15, 0.2) is 36.4 Å². The quantitative estimate of drug-likeness (QED) is 0.875. The topological polar surface area (TPSA) is 15.3 Å². The number of likely N-dealkylation sites (tertiary alicyclic amines) is 1. The Morgan fingerprint density at radius 2 is 2.11 bits per heavy atom. The molecule has 0 amide bonds. The highest BCUT2D eigenvalue weighted by molar-refractivity contribution is 5.48. The largest absolute Gasteiger partial charge is 0.315 e. The minimum absolute atomic E-state index is 0.777. The van der Waals surface area contributed by atoms with E-state index in [9.17, 15) is 0 Å². The summed E-state index contributed by atoms with van der Waals surface area (Å²) >= 11 is 0. The zero-order valence-electron chi connectivity index (χ0n) is 10.9. The smallest absolute Gasteiger partial charge is 0.0264 e. The van der Waals surface area contributed by atoms with E-state index in [1.54, 1.807) is 0 Å². The van der Waals surface area contributed by atoms with Gasteiger partial charge in [-0.15, -0.1) is 0 Å². The second kappa shape index (κ2) is 5.68. The molecule has 2 saturated heterocycles. The lowest BCUT2D eigenvalue weighted by Crippen LogP contribution is -2.44. The van der Waals surface area contributed by atoms with E-state index in [0.29, 0.717) is 0 Å². The maximum atomic E-state index is 3.54. The van der Waals surface area contributed by atoms with Gasteiger partial charge in [0.2, 0.25) is 0 Å². The molecule has 0 spiro atoms. The predicted molar refractivity (Wildman–Crippen MR) is 76.4 cm³/mol. The lowest BCUT2D eigenvalue weighted by Gasteiger charge is -2.36. The molecule has 2 heteroatoms. The fourth-order valence-electron chi connectivity index (χ4n) is 3.28. The third-order valence-electron chi connectivity index (χ3n) is 4.24. The van der Waals surface area contributed by atoms with Crippen molar-refractivity contribution in [1.29, 1.82) is 0 Å². The third kappa shape index (κ3) is 2.65. The summed E-state index contributed by atoms with van der Waals surface area (Å²) in [4.78, 5) is 2.65. The molecule has 2 heterocycles. The minimum atomic E-state index is 0.777. The number of fused-ring (bicyclic) bond motifs is 1. The standard InChI is InChI=1S/C16H22N2/c1-2-6-14(7-3-1)8-4-10-18-11-5-9-15-12-17-13-16(15)18/h1-4,6-8,15-17H,5,9-13H2/b8-4+. The van der Waals surface area contributed by atoms with E-state index in [-0.39, 0.29) is 0 Å². The van der Waals surface area contributed by atoms with Gasteiger partial charge >= 0.3 is 0 Å². The van der Waals surface area contributed by atoms with Crippen molar-refractivity contribution < 1.29 is 0 Å². The lowest BCUT2D eigenvalue weighted by molar-refractivity contribution is 0.140. The molecule has 0 bridgehead atoms. The summed E-state index contributed by atoms with van der Waals surface area (Å²) in [6.45, 7) is 4.77. The average molecular weight is 242 g/mol. The van der Waals surface area contributed by atoms with Gasteiger partial charge in [-0.2, -0.15) is 0 Å². The molecule has 0 aliphatic carbocycles. The first kappa shape index (κ1) is 11.9. The Labute approximate surface area is 110 Å². The summed E-state index contributed by atoms with van der Waals surface area (Å²) in [5.41, 5.74) is 1.30. The molecule has 1 aromatic carbocycles. The molecule has 0 saturated carbocycles. The van der Waals surface area contributed by atoms with Gasteiger partial charge in [0.25, 0.3) is 0 Å². The zero-order valence-corrected chi connectivity index (χ0v) is 10.9. The Bertz CT molecular complexity index is 399. The first-order valence-corrected chi connectivity index (χ1v) is 7.10. The normalized spacial score (nSPS) is 28.7. The van der Waals surface area contributed by atoms with Crippen molar-refractivity contribution in [3.8, 4) is 0 Å². The van der Waals surface area contributed by atoms with Crippen LogP contribution in [-0.2, 0) is 0 Å². The summed E-state index contributed by atoms with van der Waals surface area (Å²) in [5.74, 6) is 0.892. The summed E-state index contributed by atoms with van der Waals surface area (Å²) in [5, 5.41) is 3.54. The number of benzene rings is 1. The van der Waals surface area contributed by atoms with Crippen molar-refractivity contribution in [2.24, 2.45) is 5.92 Å². The molecule has 2 aliphatic heterocycles. The number of piperidine rings is 1. The SMILES string of the molecule is C(=C\c1ccccc1)/CN1CCCC2CNCC21. The monoisotopic (exact) mass is 242 g/mol. The van der Waals surface area contributed by atoms with Gasteiger partial charge in [-0.3, -0.25) is 4.90 Å². The Balaban J connectivity index is 1.58. The van der Waals surface area contributed by atoms with E-state index in [0.717, 1.165) is 18.5 Å². The minimum Gasteiger partial charge on any atom is -0.315 e. The Morgan fingerprint density at radius 3 is 3.00 bits per heavy atom. The predicted octanol–water partition coefficient (Wildman–Crippen LogP) is 2.38. The molecular weight excluding hydrogens is 220 g/mol. The first-order chi connectivity index (χ1) is 8.93. The van der Waals surface area contributed by atoms with Gasteiger partial charge in [-0.25, -0.2) is 0 Å². The highest BCUT2D eigenvalue weighted by Gasteiger charge is 2.33. The molecule has 18 heavy (non-hydrogen) atoms. The van der Waals surface area contributed by atoms with Crippen molar-refractivity contribution in [3.63, 3.8) is 0 Å². The second-order valence-corrected chi connectivity index (χ2v) is 5.44. The van der Waals surface area contributed by atoms with Crippen LogP contribution in [-0.4, -0.2) is 37.1 Å². The van der Waals surface area contributed by atoms with Gasteiger partial charge in [-0.05, 0) is 37.4 Å². The Hall–Kier alpha value is -1.12. The van der Waals surface area contributed by atoms with Gasteiger partial charge in [0.1, 0.15) is 0 Å². The van der Waals surface area contributed by atoms with Crippen LogP contribution in [0.25, 0.3) is 6.08 Å². The summed E-state index contributed by atoms with van der Waals surface area (Å²) in [6, 6.07) is 11.4. The number of nitrogens with zero attached hydrogens (tertiary/aromatic N) is 1. The van der Waals surface area contributed by atoms with Crippen molar-refractivity contribution in [1.82, 2.24) is 10.2 Å². The Kier molecular flexibility index (Phi) is 3.77. The fourth-order valence-corrected chi connectivity index (χ4v) is 3.28. The third-order valence-corrected chi connectivity index (χ3v) is 4.24. The molecule has 2 atom stereocenters. The van der Waals surface area contributed by atoms with Crippen LogP contribution in [0.1, 0.15) is 18.4 Å². The van der Waals surface area contributed by atoms with E-state index >= 15 is 0 Å². The Morgan fingerprint density at radius 1 is 1.22 bits per heavy atom. The molecule has 2 fully saturated rings. The highest BCUT2D eigenvalue weighted by atomic mass is 15.2. The molecule has 96 valence electrons. The van der Waals surface area contributed by atoms with Crippen LogP contribution in [0.4, 0.5) is 0 Å². The van der Waals surface area contributed by atoms with Gasteiger partial charge < -0.3 is 5.32 Å². The summed E-state index contributed by atoms with van der Waals surface area (Å²) in [6.07, 6.45) is 7.33. The molecule has 2 nitrogen and oxygen atoms in total. The number of nitrogens with one attached hydrogen (secondary N) is 1. The van der Waals surface area contributed by atoms with Gasteiger partial charge in [0, 0.05) is 19.1 Å². The fraction of sp³-hybridized carbons (Fsp3) is 0.500. The zero-order chi connectivity index (χ0) is 12.2. The van der Waals surface area contributed by atoms with Gasteiger partial charge in [-0.1, -0.05) is 42.5 Å². The maximum Gasteiger partial charge on any atom is 0.0264 e. The summed E-state index contributed by atoms with van der Waals surface area (Å²) in [7, 11) is 0. The number of hydrogen-bond donors (Lipinski definition) is 1. The van der Waals surface area contributed by atoms with Crippen molar-refractivity contribution in [3.05, 3.63) is 42.0 Å². The average Bonchev–Trinajstić information content (AvgIpc) is 2.89. The van der Waals surface area contributed by atoms with Crippen LogP contribution < -0.4 is 5.32 Å². The van der Waals surface area contributed by atoms with E-state index < -0.39 is 0 Å². The van der Waals surface area contributed by atoms with Crippen molar-refractivity contribution >= 4 is 6.08 Å². The summed E-state index contributed by atoms with van der Waals surface area (Å²) < 4.78 is 0. The van der Waals surface area contributed by atoms with Gasteiger partial charge in [0.15, 0.2) is 0 Å². The van der Waals surface area contributed by atoms with E-state index in [2.05, 4.69) is 52.7 Å². The molecule has 1 aromatic rings. The second-order valence-electron chi connectivity index (χ2n) is 5.44. The van der Waals surface area contributed by atoms with E-state index in [1.165, 1.54) is 38.0 Å². The number of hydrogen-bond acceptors (Lipinski definition) is 2. The lowest BCUT2D eigenvalue weighted by atomic mass is 9.92. The number of rotatable bonds is 3. The molecule has 2 unspecified atom stereocenters. The van der Waals surface area contributed by atoms with E-state index in [4.69, 9.17) is 0 Å². The van der Waals surface area contributed by atoms with Crippen LogP contribution >= 0.6 is 0 Å². The molecule has 0 aromatic heterocycles. The van der Waals surface area contributed by atoms with Crippen LogP contribution in [0.5, 0.6) is 0 Å². The highest BCUT2D eigenvalue weighted by Crippen LogP contribution is 2.26. The molecular formula is C16H22N2. The van der Waals surface area contributed by atoms with Crippen molar-refractivity contribution in [2.75, 3.05) is 26.2 Å². The van der Waals surface area contributed by atoms with Crippen LogP contribution in [0, 0.1) is 5.92 Å². The van der Waals surface area contributed by atoms with Gasteiger partial charge in [0.05, 0.1) is 0 Å². The molecule has 1 N–H and O–H groups in total. The van der Waals surface area contributed by atoms with Crippen molar-refractivity contribution in [2.45, 2.75) is 18.9 Å².